The maximum absolute atomic E-state index is 4.74. The maximum atomic E-state index is 4.74. The van der Waals surface area contributed by atoms with Crippen LogP contribution in [0.15, 0.2) is 42.9 Å². The summed E-state index contributed by atoms with van der Waals surface area (Å²) in [6, 6.07) is 7.97. The van der Waals surface area contributed by atoms with E-state index in [9.17, 15) is 0 Å². The number of aromatic nitrogens is 7. The van der Waals surface area contributed by atoms with E-state index in [4.69, 9.17) is 4.98 Å². The third kappa shape index (κ3) is 2.60. The molecule has 0 atom stereocenters. The first-order valence-corrected chi connectivity index (χ1v) is 8.56. The van der Waals surface area contributed by atoms with Gasteiger partial charge in [0.2, 0.25) is 0 Å². The normalized spacial score (nSPS) is 11.9. The lowest BCUT2D eigenvalue weighted by Crippen LogP contribution is -1.97. The zero-order valence-electron chi connectivity index (χ0n) is 14.8. The topological polar surface area (TPSA) is 81.8 Å². The van der Waals surface area contributed by atoms with Crippen molar-refractivity contribution in [3.8, 4) is 0 Å². The Morgan fingerprint density at radius 2 is 1.70 bits per heavy atom. The van der Waals surface area contributed by atoms with E-state index >= 15 is 0 Å². The van der Waals surface area contributed by atoms with E-state index in [0.717, 1.165) is 44.7 Å². The lowest BCUT2D eigenvalue weighted by molar-refractivity contribution is 0.884. The summed E-state index contributed by atoms with van der Waals surface area (Å²) in [6.45, 7) is 3.88. The fourth-order valence-electron chi connectivity index (χ4n) is 3.07. The Hall–Kier alpha value is -3.74. The van der Waals surface area contributed by atoms with Crippen LogP contribution >= 0.6 is 0 Å². The van der Waals surface area contributed by atoms with E-state index in [1.807, 2.05) is 50.3 Å². The van der Waals surface area contributed by atoms with Crippen LogP contribution in [0.25, 0.3) is 39.7 Å². The zero-order chi connectivity index (χ0) is 18.4. The standard InChI is InChI=1S/C20H15N7/c1-12-11-23-13(2)20-25-17(26-27(12)20)8-6-15-5-3-14-4-7-16-19(18(14)24-15)22-10-9-21-16/h3-11H,1-2H3/b8-6+. The van der Waals surface area contributed by atoms with Crippen molar-refractivity contribution < 1.29 is 0 Å². The summed E-state index contributed by atoms with van der Waals surface area (Å²) in [7, 11) is 0. The summed E-state index contributed by atoms with van der Waals surface area (Å²) in [5.74, 6) is 0.619. The smallest absolute Gasteiger partial charge is 0.177 e. The van der Waals surface area contributed by atoms with Crippen molar-refractivity contribution in [3.05, 3.63) is 65.8 Å². The molecule has 7 nitrogen and oxygen atoms in total. The second-order valence-corrected chi connectivity index (χ2v) is 6.32. The molecule has 0 amide bonds. The molecule has 4 heterocycles. The van der Waals surface area contributed by atoms with Crippen LogP contribution in [0.1, 0.15) is 22.9 Å². The molecule has 5 rings (SSSR count). The molecule has 0 aliphatic heterocycles. The second kappa shape index (κ2) is 5.91. The molecule has 5 aromatic rings. The summed E-state index contributed by atoms with van der Waals surface area (Å²) in [4.78, 5) is 22.4. The van der Waals surface area contributed by atoms with Crippen molar-refractivity contribution in [2.75, 3.05) is 0 Å². The molecule has 0 radical (unpaired) electrons. The van der Waals surface area contributed by atoms with Gasteiger partial charge >= 0.3 is 0 Å². The molecule has 0 unspecified atom stereocenters. The highest BCUT2D eigenvalue weighted by molar-refractivity contribution is 6.01. The highest BCUT2D eigenvalue weighted by Gasteiger charge is 2.07. The van der Waals surface area contributed by atoms with Crippen LogP contribution < -0.4 is 0 Å². The van der Waals surface area contributed by atoms with Gasteiger partial charge in [0, 0.05) is 24.0 Å². The highest BCUT2D eigenvalue weighted by atomic mass is 15.3. The van der Waals surface area contributed by atoms with Crippen LogP contribution in [0.4, 0.5) is 0 Å². The van der Waals surface area contributed by atoms with Crippen molar-refractivity contribution in [1.82, 2.24) is 34.5 Å². The van der Waals surface area contributed by atoms with Gasteiger partial charge in [-0.1, -0.05) is 12.1 Å². The number of nitrogens with zero attached hydrogens (tertiary/aromatic N) is 7. The Balaban J connectivity index is 1.59. The molecule has 0 spiro atoms. The van der Waals surface area contributed by atoms with Gasteiger partial charge < -0.3 is 0 Å². The van der Waals surface area contributed by atoms with Gasteiger partial charge in [0.05, 0.1) is 28.1 Å². The number of rotatable bonds is 2. The molecule has 0 bridgehead atoms. The Labute approximate surface area is 154 Å². The predicted molar refractivity (Wildman–Crippen MR) is 104 cm³/mol. The van der Waals surface area contributed by atoms with Crippen molar-refractivity contribution in [3.63, 3.8) is 0 Å². The number of fused-ring (bicyclic) bond motifs is 4. The summed E-state index contributed by atoms with van der Waals surface area (Å²) < 4.78 is 1.80. The predicted octanol–water partition coefficient (Wildman–Crippen LogP) is 3.40. The van der Waals surface area contributed by atoms with E-state index in [-0.39, 0.29) is 0 Å². The van der Waals surface area contributed by atoms with E-state index in [1.165, 1.54) is 0 Å². The maximum Gasteiger partial charge on any atom is 0.177 e. The largest absolute Gasteiger partial charge is 0.256 e. The third-order valence-corrected chi connectivity index (χ3v) is 4.45. The SMILES string of the molecule is Cc1ncc(C)n2nc(/C=C/c3ccc4ccc5nccnc5c4n3)nc12. The fourth-order valence-corrected chi connectivity index (χ4v) is 3.07. The number of benzene rings is 1. The Kier molecular flexibility index (Phi) is 3.39. The fraction of sp³-hybridized carbons (Fsp3) is 0.100. The van der Waals surface area contributed by atoms with Gasteiger partial charge in [-0.3, -0.25) is 15.0 Å². The van der Waals surface area contributed by atoms with Gasteiger partial charge in [0.15, 0.2) is 11.5 Å². The van der Waals surface area contributed by atoms with E-state index < -0.39 is 0 Å². The molecule has 0 saturated heterocycles. The summed E-state index contributed by atoms with van der Waals surface area (Å²) in [5, 5.41) is 5.56. The molecular weight excluding hydrogens is 338 g/mol. The van der Waals surface area contributed by atoms with Crippen LogP contribution in [0.2, 0.25) is 0 Å². The van der Waals surface area contributed by atoms with Crippen LogP contribution in [-0.4, -0.2) is 34.5 Å². The lowest BCUT2D eigenvalue weighted by Gasteiger charge is -2.02. The summed E-state index contributed by atoms with van der Waals surface area (Å²) in [6.07, 6.45) is 8.93. The van der Waals surface area contributed by atoms with Crippen molar-refractivity contribution in [1.29, 1.82) is 0 Å². The van der Waals surface area contributed by atoms with Crippen molar-refractivity contribution >= 4 is 39.7 Å². The Bertz CT molecular complexity index is 1310. The number of aryl methyl sites for hydroxylation is 2. The molecule has 0 saturated carbocycles. The van der Waals surface area contributed by atoms with Crippen molar-refractivity contribution in [2.45, 2.75) is 13.8 Å². The monoisotopic (exact) mass is 353 g/mol. The van der Waals surface area contributed by atoms with Crippen LogP contribution in [-0.2, 0) is 0 Å². The van der Waals surface area contributed by atoms with Gasteiger partial charge in [0.1, 0.15) is 5.52 Å². The minimum absolute atomic E-state index is 0.619. The number of hydrogen-bond acceptors (Lipinski definition) is 6. The molecule has 4 aromatic heterocycles. The number of pyridine rings is 1. The first-order chi connectivity index (χ1) is 13.2. The molecule has 27 heavy (non-hydrogen) atoms. The number of hydrogen-bond donors (Lipinski definition) is 0. The summed E-state index contributed by atoms with van der Waals surface area (Å²) in [5.41, 5.74) is 5.83. The lowest BCUT2D eigenvalue weighted by atomic mass is 10.1. The highest BCUT2D eigenvalue weighted by Crippen LogP contribution is 2.21. The molecule has 1 aromatic carbocycles. The molecule has 0 fully saturated rings. The van der Waals surface area contributed by atoms with Gasteiger partial charge in [-0.15, -0.1) is 5.10 Å². The quantitative estimate of drug-likeness (QED) is 0.452. The van der Waals surface area contributed by atoms with Crippen LogP contribution in [0.5, 0.6) is 0 Å². The van der Waals surface area contributed by atoms with E-state index in [0.29, 0.717) is 5.82 Å². The average Bonchev–Trinajstić information content (AvgIpc) is 3.15. The van der Waals surface area contributed by atoms with Gasteiger partial charge in [0.25, 0.3) is 0 Å². The molecule has 130 valence electrons. The van der Waals surface area contributed by atoms with Crippen LogP contribution in [0, 0.1) is 13.8 Å². The molecule has 7 heteroatoms. The average molecular weight is 353 g/mol. The molecular formula is C20H15N7. The second-order valence-electron chi connectivity index (χ2n) is 6.32. The van der Waals surface area contributed by atoms with E-state index in [2.05, 4.69) is 25.0 Å². The summed E-state index contributed by atoms with van der Waals surface area (Å²) >= 11 is 0. The molecule has 0 aliphatic carbocycles. The third-order valence-electron chi connectivity index (χ3n) is 4.45. The first-order valence-electron chi connectivity index (χ1n) is 8.56. The van der Waals surface area contributed by atoms with Gasteiger partial charge in [-0.05, 0) is 38.1 Å². The Morgan fingerprint density at radius 1 is 0.852 bits per heavy atom. The minimum atomic E-state index is 0.619. The minimum Gasteiger partial charge on any atom is -0.256 e. The zero-order valence-corrected chi connectivity index (χ0v) is 14.8. The van der Waals surface area contributed by atoms with E-state index in [1.54, 1.807) is 23.1 Å². The van der Waals surface area contributed by atoms with Gasteiger partial charge in [-0.2, -0.15) is 0 Å². The Morgan fingerprint density at radius 3 is 2.59 bits per heavy atom. The van der Waals surface area contributed by atoms with Crippen LogP contribution in [0.3, 0.4) is 0 Å². The first kappa shape index (κ1) is 15.5. The van der Waals surface area contributed by atoms with Gasteiger partial charge in [-0.25, -0.2) is 14.5 Å². The molecule has 0 N–H and O–H groups in total. The molecule has 0 aliphatic rings. The van der Waals surface area contributed by atoms with Crippen molar-refractivity contribution in [2.24, 2.45) is 0 Å².